The van der Waals surface area contributed by atoms with E-state index in [4.69, 9.17) is 0 Å². The Morgan fingerprint density at radius 1 is 1.10 bits per heavy atom. The number of amides is 3. The highest BCUT2D eigenvalue weighted by atomic mass is 32.2. The second-order valence-corrected chi connectivity index (χ2v) is 8.36. The fourth-order valence-corrected chi connectivity index (χ4v) is 4.51. The molecule has 3 amide bonds. The fraction of sp³-hybridized carbons (Fsp3) is 0.273. The summed E-state index contributed by atoms with van der Waals surface area (Å²) in [5.74, 6) is 1.21. The second-order valence-electron chi connectivity index (χ2n) is 7.42. The molecule has 1 saturated heterocycles. The molecule has 1 fully saturated rings. The van der Waals surface area contributed by atoms with Gasteiger partial charge in [-0.3, -0.25) is 14.7 Å². The van der Waals surface area contributed by atoms with Gasteiger partial charge in [-0.25, -0.2) is 4.79 Å². The van der Waals surface area contributed by atoms with Crippen LogP contribution < -0.4 is 10.6 Å². The summed E-state index contributed by atoms with van der Waals surface area (Å²) in [4.78, 5) is 23.4. The van der Waals surface area contributed by atoms with Crippen molar-refractivity contribution in [2.75, 3.05) is 0 Å². The Morgan fingerprint density at radius 2 is 1.90 bits per heavy atom. The summed E-state index contributed by atoms with van der Waals surface area (Å²) in [5.41, 5.74) is 4.69. The van der Waals surface area contributed by atoms with Crippen LogP contribution in [-0.2, 0) is 17.0 Å². The molecule has 2 heterocycles. The predicted octanol–water partition coefficient (Wildman–Crippen LogP) is 3.32. The average Bonchev–Trinajstić information content (AvgIpc) is 3.11. The average molecular weight is 422 g/mol. The lowest BCUT2D eigenvalue weighted by Crippen LogP contribution is -2.53. The first-order valence-electron chi connectivity index (χ1n) is 9.78. The smallest absolute Gasteiger partial charge is 0.321 e. The lowest BCUT2D eigenvalue weighted by Gasteiger charge is -2.23. The fourth-order valence-electron chi connectivity index (χ4n) is 3.48. The molecule has 3 aromatic rings. The highest BCUT2D eigenvalue weighted by Gasteiger charge is 2.26. The van der Waals surface area contributed by atoms with Crippen molar-refractivity contribution in [2.45, 2.75) is 43.6 Å². The van der Waals surface area contributed by atoms with Crippen LogP contribution in [0.15, 0.2) is 53.7 Å². The Bertz CT molecular complexity index is 1060. The highest BCUT2D eigenvalue weighted by molar-refractivity contribution is 7.98. The number of aryl methyl sites for hydroxylation is 2. The number of imide groups is 1. The predicted molar refractivity (Wildman–Crippen MR) is 116 cm³/mol. The molecule has 0 spiro atoms. The van der Waals surface area contributed by atoms with Crippen molar-refractivity contribution in [3.8, 4) is 5.69 Å². The van der Waals surface area contributed by atoms with Crippen molar-refractivity contribution in [1.29, 1.82) is 0 Å². The van der Waals surface area contributed by atoms with E-state index in [-0.39, 0.29) is 18.4 Å². The van der Waals surface area contributed by atoms with Crippen LogP contribution in [0.2, 0.25) is 0 Å². The SMILES string of the molecule is Cc1ccc(C)c(CSc2nnc(CC3CC(=O)NC(=O)N3)n2-c2ccccc2)c1. The molecule has 154 valence electrons. The molecule has 7 nitrogen and oxygen atoms in total. The number of thioether (sulfide) groups is 1. The summed E-state index contributed by atoms with van der Waals surface area (Å²) < 4.78 is 2.01. The molecule has 1 aliphatic rings. The van der Waals surface area contributed by atoms with Crippen LogP contribution in [0.3, 0.4) is 0 Å². The van der Waals surface area contributed by atoms with E-state index in [1.807, 2.05) is 34.9 Å². The maximum absolute atomic E-state index is 11.7. The van der Waals surface area contributed by atoms with Gasteiger partial charge in [0, 0.05) is 30.3 Å². The lowest BCUT2D eigenvalue weighted by atomic mass is 10.1. The zero-order valence-electron chi connectivity index (χ0n) is 16.9. The standard InChI is InChI=1S/C22H23N5O2S/c1-14-8-9-15(2)16(10-14)13-30-22-26-25-19(27(22)18-6-4-3-5-7-18)11-17-12-20(28)24-21(29)23-17/h3-10,17H,11-13H2,1-2H3,(H2,23,24,28,29). The lowest BCUT2D eigenvalue weighted by molar-refractivity contribution is -0.121. The Kier molecular flexibility index (Phi) is 5.85. The van der Waals surface area contributed by atoms with Crippen molar-refractivity contribution in [3.63, 3.8) is 0 Å². The zero-order chi connectivity index (χ0) is 21.1. The molecular weight excluding hydrogens is 398 g/mol. The minimum Gasteiger partial charge on any atom is -0.334 e. The summed E-state index contributed by atoms with van der Waals surface area (Å²) in [6.07, 6.45) is 0.642. The van der Waals surface area contributed by atoms with Crippen LogP contribution in [0.25, 0.3) is 5.69 Å². The molecule has 0 saturated carbocycles. The quantitative estimate of drug-likeness (QED) is 0.596. The largest absolute Gasteiger partial charge is 0.334 e. The summed E-state index contributed by atoms with van der Waals surface area (Å²) in [5, 5.41) is 14.7. The maximum Gasteiger partial charge on any atom is 0.321 e. The number of nitrogens with one attached hydrogen (secondary N) is 2. The first-order valence-corrected chi connectivity index (χ1v) is 10.8. The number of carbonyl (C=O) groups excluding carboxylic acids is 2. The number of nitrogens with zero attached hydrogens (tertiary/aromatic N) is 3. The van der Waals surface area contributed by atoms with Gasteiger partial charge in [0.25, 0.3) is 0 Å². The van der Waals surface area contributed by atoms with Crippen LogP contribution >= 0.6 is 11.8 Å². The number of aromatic nitrogens is 3. The normalized spacial score (nSPS) is 16.3. The number of hydrogen-bond acceptors (Lipinski definition) is 5. The Labute approximate surface area is 179 Å². The van der Waals surface area contributed by atoms with Gasteiger partial charge in [-0.2, -0.15) is 0 Å². The van der Waals surface area contributed by atoms with E-state index in [0.29, 0.717) is 12.2 Å². The molecule has 1 aliphatic heterocycles. The Balaban J connectivity index is 1.61. The molecule has 0 radical (unpaired) electrons. The van der Waals surface area contributed by atoms with Crippen molar-refractivity contribution in [2.24, 2.45) is 0 Å². The third-order valence-electron chi connectivity index (χ3n) is 5.03. The van der Waals surface area contributed by atoms with E-state index in [2.05, 4.69) is 52.9 Å². The van der Waals surface area contributed by atoms with E-state index in [1.54, 1.807) is 11.8 Å². The first-order chi connectivity index (χ1) is 14.5. The minimum absolute atomic E-state index is 0.221. The molecular formula is C22H23N5O2S. The summed E-state index contributed by atoms with van der Waals surface area (Å²) in [6.45, 7) is 4.20. The highest BCUT2D eigenvalue weighted by Crippen LogP contribution is 2.27. The minimum atomic E-state index is -0.466. The number of carbonyl (C=O) groups is 2. The maximum atomic E-state index is 11.7. The topological polar surface area (TPSA) is 88.9 Å². The van der Waals surface area contributed by atoms with E-state index in [0.717, 1.165) is 16.6 Å². The van der Waals surface area contributed by atoms with Gasteiger partial charge in [-0.05, 0) is 37.1 Å². The summed E-state index contributed by atoms with van der Waals surface area (Å²) >= 11 is 1.62. The van der Waals surface area contributed by atoms with Crippen molar-refractivity contribution >= 4 is 23.7 Å². The number of benzene rings is 2. The second kappa shape index (κ2) is 8.71. The van der Waals surface area contributed by atoms with Crippen LogP contribution in [0.4, 0.5) is 4.79 Å². The van der Waals surface area contributed by atoms with Crippen molar-refractivity contribution in [3.05, 3.63) is 71.0 Å². The van der Waals surface area contributed by atoms with Gasteiger partial charge >= 0.3 is 6.03 Å². The van der Waals surface area contributed by atoms with Gasteiger partial charge in [0.2, 0.25) is 5.91 Å². The van der Waals surface area contributed by atoms with E-state index < -0.39 is 6.03 Å². The molecule has 0 bridgehead atoms. The van der Waals surface area contributed by atoms with Gasteiger partial charge in [0.15, 0.2) is 5.16 Å². The van der Waals surface area contributed by atoms with Crippen molar-refractivity contribution < 1.29 is 9.59 Å². The number of hydrogen-bond donors (Lipinski definition) is 2. The molecule has 1 aromatic heterocycles. The molecule has 0 aliphatic carbocycles. The molecule has 1 atom stereocenters. The Morgan fingerprint density at radius 3 is 2.67 bits per heavy atom. The van der Waals surface area contributed by atoms with Crippen LogP contribution in [-0.4, -0.2) is 32.7 Å². The Hall–Kier alpha value is -3.13. The van der Waals surface area contributed by atoms with Crippen LogP contribution in [0.5, 0.6) is 0 Å². The van der Waals surface area contributed by atoms with Gasteiger partial charge < -0.3 is 5.32 Å². The van der Waals surface area contributed by atoms with Gasteiger partial charge in [0.1, 0.15) is 5.82 Å². The molecule has 30 heavy (non-hydrogen) atoms. The van der Waals surface area contributed by atoms with Crippen LogP contribution in [0.1, 0.15) is 28.9 Å². The number of para-hydroxylation sites is 1. The van der Waals surface area contributed by atoms with E-state index in [1.165, 1.54) is 16.7 Å². The third kappa shape index (κ3) is 4.54. The third-order valence-corrected chi connectivity index (χ3v) is 6.00. The number of urea groups is 1. The molecule has 2 N–H and O–H groups in total. The summed E-state index contributed by atoms with van der Waals surface area (Å²) in [6, 6.07) is 15.6. The summed E-state index contributed by atoms with van der Waals surface area (Å²) in [7, 11) is 0. The van der Waals surface area contributed by atoms with Gasteiger partial charge in [-0.1, -0.05) is 53.7 Å². The van der Waals surface area contributed by atoms with Gasteiger partial charge in [-0.15, -0.1) is 10.2 Å². The van der Waals surface area contributed by atoms with Crippen LogP contribution in [0, 0.1) is 13.8 Å². The zero-order valence-corrected chi connectivity index (χ0v) is 17.7. The van der Waals surface area contributed by atoms with Crippen molar-refractivity contribution in [1.82, 2.24) is 25.4 Å². The number of rotatable bonds is 6. The monoisotopic (exact) mass is 421 g/mol. The first kappa shape index (κ1) is 20.2. The van der Waals surface area contributed by atoms with E-state index in [9.17, 15) is 9.59 Å². The molecule has 4 rings (SSSR count). The molecule has 2 aromatic carbocycles. The van der Waals surface area contributed by atoms with E-state index >= 15 is 0 Å². The molecule has 8 heteroatoms. The molecule has 1 unspecified atom stereocenters. The van der Waals surface area contributed by atoms with Gasteiger partial charge in [0.05, 0.1) is 0 Å².